The molecule has 3 rings (SSSR count). The Bertz CT molecular complexity index is 652. The first kappa shape index (κ1) is 22.2. The van der Waals surface area contributed by atoms with Gasteiger partial charge in [0.15, 0.2) is 0 Å². The van der Waals surface area contributed by atoms with Gasteiger partial charge in [0, 0.05) is 11.6 Å². The van der Waals surface area contributed by atoms with E-state index in [2.05, 4.69) is 10.2 Å². The molecule has 0 aromatic heterocycles. The van der Waals surface area contributed by atoms with Crippen LogP contribution >= 0.6 is 0 Å². The molecule has 0 radical (unpaired) electrons. The molecule has 156 valence electrons. The zero-order valence-electron chi connectivity index (χ0n) is 15.9. The lowest BCUT2D eigenvalue weighted by molar-refractivity contribution is -0.137. The van der Waals surface area contributed by atoms with E-state index in [1.165, 1.54) is 64.1 Å². The zero-order chi connectivity index (χ0) is 20.6. The van der Waals surface area contributed by atoms with Crippen LogP contribution in [0, 0.1) is 0 Å². The third kappa shape index (κ3) is 7.14. The molecule has 2 aliphatic rings. The van der Waals surface area contributed by atoms with Gasteiger partial charge in [0.1, 0.15) is 0 Å². The smallest absolute Gasteiger partial charge is 0.368 e. The summed E-state index contributed by atoms with van der Waals surface area (Å²) in [6, 6.07) is 4.86. The SMILES string of the molecule is C1CCC(N2CCCC2)CC1.NC(=O)CNC(=O)c1cccc(C(F)(F)F)c1. The predicted molar refractivity (Wildman–Crippen MR) is 101 cm³/mol. The summed E-state index contributed by atoms with van der Waals surface area (Å²) < 4.78 is 37.0. The van der Waals surface area contributed by atoms with Crippen molar-refractivity contribution >= 4 is 11.8 Å². The number of amides is 2. The second kappa shape index (κ2) is 10.5. The van der Waals surface area contributed by atoms with Crippen molar-refractivity contribution in [3.63, 3.8) is 0 Å². The fourth-order valence-electron chi connectivity index (χ4n) is 3.66. The van der Waals surface area contributed by atoms with E-state index in [1.807, 2.05) is 0 Å². The third-order valence-electron chi connectivity index (χ3n) is 5.11. The fraction of sp³-hybridized carbons (Fsp3) is 0.600. The summed E-state index contributed by atoms with van der Waals surface area (Å²) in [5, 5.41) is 2.10. The van der Waals surface area contributed by atoms with Crippen LogP contribution in [0.15, 0.2) is 24.3 Å². The molecule has 2 fully saturated rings. The number of hydrogen-bond donors (Lipinski definition) is 2. The average molecular weight is 399 g/mol. The Kier molecular flexibility index (Phi) is 8.29. The zero-order valence-corrected chi connectivity index (χ0v) is 15.9. The fourth-order valence-corrected chi connectivity index (χ4v) is 3.66. The van der Waals surface area contributed by atoms with Gasteiger partial charge in [0.05, 0.1) is 12.1 Å². The quantitative estimate of drug-likeness (QED) is 0.815. The molecule has 0 spiro atoms. The second-order valence-corrected chi connectivity index (χ2v) is 7.26. The Hall–Kier alpha value is -2.09. The lowest BCUT2D eigenvalue weighted by Crippen LogP contribution is -2.34. The monoisotopic (exact) mass is 399 g/mol. The van der Waals surface area contributed by atoms with Crippen molar-refractivity contribution in [2.24, 2.45) is 5.73 Å². The van der Waals surface area contributed by atoms with E-state index in [4.69, 9.17) is 5.73 Å². The molecule has 1 aromatic carbocycles. The van der Waals surface area contributed by atoms with Crippen LogP contribution in [0.2, 0.25) is 0 Å². The Balaban J connectivity index is 0.000000218. The summed E-state index contributed by atoms with van der Waals surface area (Å²) in [4.78, 5) is 24.5. The van der Waals surface area contributed by atoms with Crippen LogP contribution < -0.4 is 11.1 Å². The Morgan fingerprint density at radius 1 is 1.07 bits per heavy atom. The minimum absolute atomic E-state index is 0.180. The largest absolute Gasteiger partial charge is 0.416 e. The van der Waals surface area contributed by atoms with Gasteiger partial charge in [-0.1, -0.05) is 25.3 Å². The van der Waals surface area contributed by atoms with Gasteiger partial charge in [0.25, 0.3) is 5.91 Å². The highest BCUT2D eigenvalue weighted by molar-refractivity contribution is 5.96. The molecular formula is C20H28F3N3O2. The highest BCUT2D eigenvalue weighted by Gasteiger charge is 2.30. The standard InChI is InChI=1S/C10H9F3N2O2.C10H19N/c11-10(12,13)7-3-1-2-6(4-7)9(17)15-5-8(14)16;1-2-6-10(7-3-1)11-8-4-5-9-11/h1-4H,5H2,(H2,14,16)(H,15,17);10H,1-9H2. The number of carbonyl (C=O) groups is 2. The van der Waals surface area contributed by atoms with Gasteiger partial charge in [-0.3, -0.25) is 9.59 Å². The minimum Gasteiger partial charge on any atom is -0.368 e. The number of halogens is 3. The van der Waals surface area contributed by atoms with Crippen LogP contribution in [-0.2, 0) is 11.0 Å². The Labute approximate surface area is 163 Å². The van der Waals surface area contributed by atoms with Gasteiger partial charge in [-0.15, -0.1) is 0 Å². The van der Waals surface area contributed by atoms with Crippen LogP contribution in [-0.4, -0.2) is 42.4 Å². The van der Waals surface area contributed by atoms with Gasteiger partial charge in [-0.25, -0.2) is 0 Å². The van der Waals surface area contributed by atoms with Gasteiger partial charge in [-0.2, -0.15) is 13.2 Å². The molecule has 0 bridgehead atoms. The number of likely N-dealkylation sites (tertiary alicyclic amines) is 1. The van der Waals surface area contributed by atoms with Crippen molar-refractivity contribution in [1.29, 1.82) is 0 Å². The van der Waals surface area contributed by atoms with Crippen LogP contribution in [0.25, 0.3) is 0 Å². The van der Waals surface area contributed by atoms with Crippen LogP contribution in [0.5, 0.6) is 0 Å². The highest BCUT2D eigenvalue weighted by Crippen LogP contribution is 2.29. The summed E-state index contributed by atoms with van der Waals surface area (Å²) in [7, 11) is 0. The Morgan fingerprint density at radius 3 is 2.29 bits per heavy atom. The number of carbonyl (C=O) groups excluding carboxylic acids is 2. The maximum Gasteiger partial charge on any atom is 0.416 e. The molecule has 28 heavy (non-hydrogen) atoms. The number of primary amides is 1. The van der Waals surface area contributed by atoms with Gasteiger partial charge in [-0.05, 0) is 57.0 Å². The molecule has 0 atom stereocenters. The predicted octanol–water partition coefficient (Wildman–Crippen LogP) is 3.34. The van der Waals surface area contributed by atoms with Crippen molar-refractivity contribution in [3.8, 4) is 0 Å². The van der Waals surface area contributed by atoms with E-state index in [0.29, 0.717) is 6.07 Å². The number of nitrogens with two attached hydrogens (primary N) is 1. The first-order chi connectivity index (χ1) is 13.3. The highest BCUT2D eigenvalue weighted by atomic mass is 19.4. The third-order valence-corrected chi connectivity index (χ3v) is 5.11. The first-order valence-corrected chi connectivity index (χ1v) is 9.75. The molecule has 1 saturated carbocycles. The van der Waals surface area contributed by atoms with Gasteiger partial charge >= 0.3 is 6.18 Å². The molecule has 2 amide bonds. The number of benzene rings is 1. The van der Waals surface area contributed by atoms with Gasteiger partial charge in [0.2, 0.25) is 5.91 Å². The molecular weight excluding hydrogens is 371 g/mol. The number of rotatable bonds is 4. The molecule has 3 N–H and O–H groups in total. The molecule has 0 unspecified atom stereocenters. The van der Waals surface area contributed by atoms with E-state index in [9.17, 15) is 22.8 Å². The lowest BCUT2D eigenvalue weighted by Gasteiger charge is -2.30. The topological polar surface area (TPSA) is 75.4 Å². The molecule has 1 aromatic rings. The van der Waals surface area contributed by atoms with E-state index in [1.54, 1.807) is 0 Å². The molecule has 1 heterocycles. The second-order valence-electron chi connectivity index (χ2n) is 7.26. The normalized spacial score (nSPS) is 18.2. The number of alkyl halides is 3. The summed E-state index contributed by atoms with van der Waals surface area (Å²) >= 11 is 0. The number of nitrogens with zero attached hydrogens (tertiary/aromatic N) is 1. The molecule has 5 nitrogen and oxygen atoms in total. The van der Waals surface area contributed by atoms with Crippen molar-refractivity contribution < 1.29 is 22.8 Å². The summed E-state index contributed by atoms with van der Waals surface area (Å²) in [5.74, 6) is -1.56. The van der Waals surface area contributed by atoms with E-state index >= 15 is 0 Å². The molecule has 1 aliphatic carbocycles. The van der Waals surface area contributed by atoms with Crippen molar-refractivity contribution in [2.75, 3.05) is 19.6 Å². The molecule has 8 heteroatoms. The van der Waals surface area contributed by atoms with Crippen molar-refractivity contribution in [3.05, 3.63) is 35.4 Å². The molecule has 1 aliphatic heterocycles. The average Bonchev–Trinajstić information content (AvgIpc) is 3.21. The first-order valence-electron chi connectivity index (χ1n) is 9.75. The molecule has 1 saturated heterocycles. The summed E-state index contributed by atoms with van der Waals surface area (Å²) in [6.07, 6.45) is 5.83. The Morgan fingerprint density at radius 2 is 1.71 bits per heavy atom. The van der Waals surface area contributed by atoms with Gasteiger partial charge < -0.3 is 16.0 Å². The minimum atomic E-state index is -4.51. The number of nitrogens with one attached hydrogen (secondary N) is 1. The summed E-state index contributed by atoms with van der Waals surface area (Å²) in [6.45, 7) is 2.37. The van der Waals surface area contributed by atoms with Crippen LogP contribution in [0.4, 0.5) is 13.2 Å². The van der Waals surface area contributed by atoms with Crippen LogP contribution in [0.3, 0.4) is 0 Å². The van der Waals surface area contributed by atoms with Crippen molar-refractivity contribution in [1.82, 2.24) is 10.2 Å². The van der Waals surface area contributed by atoms with Crippen molar-refractivity contribution in [2.45, 2.75) is 57.2 Å². The van der Waals surface area contributed by atoms with E-state index in [-0.39, 0.29) is 5.56 Å². The number of hydrogen-bond acceptors (Lipinski definition) is 3. The van der Waals surface area contributed by atoms with E-state index in [0.717, 1.165) is 18.2 Å². The van der Waals surface area contributed by atoms with Crippen LogP contribution in [0.1, 0.15) is 60.9 Å². The summed E-state index contributed by atoms with van der Waals surface area (Å²) in [5.41, 5.74) is 3.68. The maximum atomic E-state index is 12.3. The van der Waals surface area contributed by atoms with E-state index < -0.39 is 30.1 Å². The lowest BCUT2D eigenvalue weighted by atomic mass is 9.94. The maximum absolute atomic E-state index is 12.3.